The Hall–Kier alpha value is -1.23. The van der Waals surface area contributed by atoms with E-state index in [0.29, 0.717) is 23.5 Å². The smallest absolute Gasteiger partial charge is 0.254 e. The van der Waals surface area contributed by atoms with Crippen LogP contribution in [0.1, 0.15) is 23.2 Å². The Morgan fingerprint density at radius 2 is 1.71 bits per heavy atom. The number of benzene rings is 1. The molecule has 2 N–H and O–H groups in total. The molecule has 0 unspecified atom stereocenters. The van der Waals surface area contributed by atoms with Gasteiger partial charge in [-0.2, -0.15) is 0 Å². The molecule has 0 spiro atoms. The molecule has 1 aliphatic rings. The Bertz CT molecular complexity index is 408. The summed E-state index contributed by atoms with van der Waals surface area (Å²) in [7, 11) is 0. The minimum absolute atomic E-state index is 0.0938. The van der Waals surface area contributed by atoms with Gasteiger partial charge in [-0.05, 0) is 25.0 Å². The topological polar surface area (TPSA) is 60.8 Å². The highest BCUT2D eigenvalue weighted by molar-refractivity contribution is 9.09. The van der Waals surface area contributed by atoms with Crippen LogP contribution in [0.25, 0.3) is 0 Å². The molecular formula is C12H14BrNO3. The van der Waals surface area contributed by atoms with Gasteiger partial charge in [0.25, 0.3) is 5.91 Å². The number of hydrogen-bond donors (Lipinski definition) is 2. The number of carbonyl (C=O) groups excluding carboxylic acids is 1. The summed E-state index contributed by atoms with van der Waals surface area (Å²) in [4.78, 5) is 14.3. The second kappa shape index (κ2) is 4.96. The lowest BCUT2D eigenvalue weighted by Gasteiger charge is -2.29. The van der Waals surface area contributed by atoms with Crippen LogP contribution in [0.3, 0.4) is 0 Å². The Kier molecular flexibility index (Phi) is 3.57. The van der Waals surface area contributed by atoms with Gasteiger partial charge >= 0.3 is 0 Å². The Labute approximate surface area is 108 Å². The molecule has 1 aromatic carbocycles. The number of alkyl halides is 1. The number of amides is 1. The quantitative estimate of drug-likeness (QED) is 0.781. The number of nitrogens with zero attached hydrogens (tertiary/aromatic N) is 1. The molecule has 1 saturated heterocycles. The highest BCUT2D eigenvalue weighted by Crippen LogP contribution is 2.24. The van der Waals surface area contributed by atoms with E-state index in [1.54, 1.807) is 4.90 Å². The lowest BCUT2D eigenvalue weighted by molar-refractivity contribution is 0.0727. The van der Waals surface area contributed by atoms with Crippen molar-refractivity contribution in [2.24, 2.45) is 0 Å². The van der Waals surface area contributed by atoms with Crippen LogP contribution in [-0.4, -0.2) is 38.9 Å². The van der Waals surface area contributed by atoms with Crippen LogP contribution in [0.15, 0.2) is 18.2 Å². The van der Waals surface area contributed by atoms with E-state index < -0.39 is 0 Å². The highest BCUT2D eigenvalue weighted by Gasteiger charge is 2.22. The van der Waals surface area contributed by atoms with Crippen LogP contribution in [0.2, 0.25) is 0 Å². The molecule has 5 heteroatoms. The molecule has 0 atom stereocenters. The second-order valence-electron chi connectivity index (χ2n) is 4.20. The first-order valence-corrected chi connectivity index (χ1v) is 6.44. The maximum atomic E-state index is 12.1. The molecule has 0 radical (unpaired) electrons. The summed E-state index contributed by atoms with van der Waals surface area (Å²) in [5, 5.41) is 18.7. The van der Waals surface area contributed by atoms with Gasteiger partial charge in [0.15, 0.2) is 0 Å². The third kappa shape index (κ3) is 2.91. The van der Waals surface area contributed by atoms with Crippen molar-refractivity contribution in [1.29, 1.82) is 0 Å². The fourth-order valence-electron chi connectivity index (χ4n) is 1.95. The number of likely N-dealkylation sites (tertiary alicyclic amines) is 1. The van der Waals surface area contributed by atoms with Crippen LogP contribution in [0.4, 0.5) is 0 Å². The van der Waals surface area contributed by atoms with E-state index in [0.717, 1.165) is 12.8 Å². The zero-order valence-electron chi connectivity index (χ0n) is 9.27. The molecule has 0 aliphatic carbocycles. The van der Waals surface area contributed by atoms with Crippen LogP contribution in [0, 0.1) is 0 Å². The predicted molar refractivity (Wildman–Crippen MR) is 67.6 cm³/mol. The van der Waals surface area contributed by atoms with E-state index >= 15 is 0 Å². The van der Waals surface area contributed by atoms with Crippen molar-refractivity contribution in [3.63, 3.8) is 0 Å². The first kappa shape index (κ1) is 12.2. The van der Waals surface area contributed by atoms with Gasteiger partial charge in [0.2, 0.25) is 0 Å². The highest BCUT2D eigenvalue weighted by atomic mass is 79.9. The second-order valence-corrected chi connectivity index (χ2v) is 5.50. The molecule has 1 aromatic rings. The molecule has 0 bridgehead atoms. The molecule has 17 heavy (non-hydrogen) atoms. The molecule has 2 rings (SSSR count). The lowest BCUT2D eigenvalue weighted by Crippen LogP contribution is -2.38. The van der Waals surface area contributed by atoms with E-state index in [2.05, 4.69) is 15.9 Å². The average Bonchev–Trinajstić information content (AvgIpc) is 2.28. The van der Waals surface area contributed by atoms with Gasteiger partial charge in [-0.25, -0.2) is 0 Å². The minimum Gasteiger partial charge on any atom is -0.508 e. The summed E-state index contributed by atoms with van der Waals surface area (Å²) >= 11 is 3.53. The largest absolute Gasteiger partial charge is 0.508 e. The monoisotopic (exact) mass is 299 g/mol. The van der Waals surface area contributed by atoms with Crippen molar-refractivity contribution in [1.82, 2.24) is 4.90 Å². The standard InChI is InChI=1S/C12H14BrNO3/c13-9-1-3-14(4-2-9)12(17)8-5-10(15)7-11(16)6-8/h5-7,9,15-16H,1-4H2. The average molecular weight is 300 g/mol. The fraction of sp³-hybridized carbons (Fsp3) is 0.417. The van der Waals surface area contributed by atoms with Gasteiger partial charge in [0, 0.05) is 29.5 Å². The SMILES string of the molecule is O=C(c1cc(O)cc(O)c1)N1CCC(Br)CC1. The number of halogens is 1. The fourth-order valence-corrected chi connectivity index (χ4v) is 2.36. The van der Waals surface area contributed by atoms with Gasteiger partial charge < -0.3 is 15.1 Å². The first-order chi connectivity index (χ1) is 8.06. The predicted octanol–water partition coefficient (Wildman–Crippen LogP) is 2.10. The molecule has 1 heterocycles. The van der Waals surface area contributed by atoms with Crippen LogP contribution in [-0.2, 0) is 0 Å². The van der Waals surface area contributed by atoms with Crippen molar-refractivity contribution < 1.29 is 15.0 Å². The van der Waals surface area contributed by atoms with Crippen molar-refractivity contribution >= 4 is 21.8 Å². The number of rotatable bonds is 1. The van der Waals surface area contributed by atoms with E-state index in [-0.39, 0.29) is 17.4 Å². The molecule has 92 valence electrons. The van der Waals surface area contributed by atoms with E-state index in [4.69, 9.17) is 0 Å². The molecule has 1 aliphatic heterocycles. The maximum Gasteiger partial charge on any atom is 0.254 e. The van der Waals surface area contributed by atoms with Gasteiger partial charge in [-0.3, -0.25) is 4.79 Å². The lowest BCUT2D eigenvalue weighted by atomic mass is 10.1. The van der Waals surface area contributed by atoms with Crippen molar-refractivity contribution in [2.75, 3.05) is 13.1 Å². The summed E-state index contributed by atoms with van der Waals surface area (Å²) in [5.41, 5.74) is 0.329. The number of phenols is 2. The summed E-state index contributed by atoms with van der Waals surface area (Å²) in [6.45, 7) is 1.40. The van der Waals surface area contributed by atoms with Gasteiger partial charge in [0.1, 0.15) is 11.5 Å². The van der Waals surface area contributed by atoms with Gasteiger partial charge in [-0.1, -0.05) is 15.9 Å². The van der Waals surface area contributed by atoms with Crippen molar-refractivity contribution in [3.8, 4) is 11.5 Å². The number of piperidine rings is 1. The number of phenolic OH excluding ortho intramolecular Hbond substituents is 2. The summed E-state index contributed by atoms with van der Waals surface area (Å²) in [5.74, 6) is -0.331. The normalized spacial score (nSPS) is 17.1. The molecule has 4 nitrogen and oxygen atoms in total. The number of hydrogen-bond acceptors (Lipinski definition) is 3. The van der Waals surface area contributed by atoms with Gasteiger partial charge in [-0.15, -0.1) is 0 Å². The Morgan fingerprint density at radius 1 is 1.18 bits per heavy atom. The Morgan fingerprint density at radius 3 is 2.24 bits per heavy atom. The van der Waals surface area contributed by atoms with E-state index in [1.165, 1.54) is 18.2 Å². The zero-order valence-corrected chi connectivity index (χ0v) is 10.9. The molecule has 1 amide bonds. The number of carbonyl (C=O) groups is 1. The van der Waals surface area contributed by atoms with Gasteiger partial charge in [0.05, 0.1) is 0 Å². The Balaban J connectivity index is 2.14. The summed E-state index contributed by atoms with van der Waals surface area (Å²) < 4.78 is 0. The maximum absolute atomic E-state index is 12.1. The first-order valence-electron chi connectivity index (χ1n) is 5.52. The van der Waals surface area contributed by atoms with Crippen LogP contribution >= 0.6 is 15.9 Å². The minimum atomic E-state index is -0.143. The van der Waals surface area contributed by atoms with Crippen molar-refractivity contribution in [3.05, 3.63) is 23.8 Å². The molecule has 0 saturated carbocycles. The summed E-state index contributed by atoms with van der Waals surface area (Å²) in [6, 6.07) is 3.96. The molecule has 1 fully saturated rings. The third-order valence-electron chi connectivity index (χ3n) is 2.86. The van der Waals surface area contributed by atoms with Crippen LogP contribution < -0.4 is 0 Å². The summed E-state index contributed by atoms with van der Waals surface area (Å²) in [6.07, 6.45) is 1.85. The van der Waals surface area contributed by atoms with Crippen molar-refractivity contribution in [2.45, 2.75) is 17.7 Å². The van der Waals surface area contributed by atoms with E-state index in [1.807, 2.05) is 0 Å². The zero-order chi connectivity index (χ0) is 12.4. The van der Waals surface area contributed by atoms with E-state index in [9.17, 15) is 15.0 Å². The molecular weight excluding hydrogens is 286 g/mol. The van der Waals surface area contributed by atoms with Crippen LogP contribution in [0.5, 0.6) is 11.5 Å². The molecule has 0 aromatic heterocycles. The number of aromatic hydroxyl groups is 2. The third-order valence-corrected chi connectivity index (χ3v) is 3.78.